The van der Waals surface area contributed by atoms with Crippen LogP contribution < -0.4 is 0 Å². The second-order valence-corrected chi connectivity index (χ2v) is 4.00. The summed E-state index contributed by atoms with van der Waals surface area (Å²) in [5.74, 6) is -0.530. The van der Waals surface area contributed by atoms with Crippen molar-refractivity contribution in [1.29, 1.82) is 0 Å². The first-order valence-electron chi connectivity index (χ1n) is 5.83. The van der Waals surface area contributed by atoms with Crippen molar-refractivity contribution in [3.05, 3.63) is 11.6 Å². The standard InChI is InChI=1S/C12H19NO3/c1-3-7-10(2)11(14)16-12(15)13-8-5-4-6-9-13/h7H,3-6,8-9H2,1-2H3. The van der Waals surface area contributed by atoms with E-state index in [0.29, 0.717) is 18.7 Å². The number of likely N-dealkylation sites (tertiary alicyclic amines) is 1. The molecule has 0 aromatic carbocycles. The number of carbonyl (C=O) groups is 2. The normalized spacial score (nSPS) is 17.1. The number of piperidine rings is 1. The van der Waals surface area contributed by atoms with E-state index in [1.165, 1.54) is 0 Å². The number of hydrogen-bond acceptors (Lipinski definition) is 3. The van der Waals surface area contributed by atoms with Gasteiger partial charge < -0.3 is 9.64 Å². The van der Waals surface area contributed by atoms with Crippen LogP contribution >= 0.6 is 0 Å². The minimum atomic E-state index is -0.530. The van der Waals surface area contributed by atoms with Gasteiger partial charge in [-0.2, -0.15) is 0 Å². The maximum absolute atomic E-state index is 11.6. The highest BCUT2D eigenvalue weighted by Gasteiger charge is 2.20. The Hall–Kier alpha value is -1.32. The number of esters is 1. The summed E-state index contributed by atoms with van der Waals surface area (Å²) in [5, 5.41) is 0. The van der Waals surface area contributed by atoms with Crippen LogP contribution in [-0.2, 0) is 9.53 Å². The SMILES string of the molecule is CCC=C(C)C(=O)OC(=O)N1CCCCC1. The predicted molar refractivity (Wildman–Crippen MR) is 61.0 cm³/mol. The first-order valence-corrected chi connectivity index (χ1v) is 5.83. The summed E-state index contributed by atoms with van der Waals surface area (Å²) in [4.78, 5) is 24.6. The molecule has 16 heavy (non-hydrogen) atoms. The number of rotatable bonds is 2. The molecule has 0 aromatic rings. The van der Waals surface area contributed by atoms with Crippen LogP contribution in [0.3, 0.4) is 0 Å². The molecular formula is C12H19NO3. The quantitative estimate of drug-likeness (QED) is 0.412. The van der Waals surface area contributed by atoms with Crippen molar-refractivity contribution in [2.75, 3.05) is 13.1 Å². The van der Waals surface area contributed by atoms with Crippen molar-refractivity contribution in [2.45, 2.75) is 39.5 Å². The van der Waals surface area contributed by atoms with Crippen molar-refractivity contribution >= 4 is 12.1 Å². The van der Waals surface area contributed by atoms with Crippen LogP contribution in [0.2, 0.25) is 0 Å². The summed E-state index contributed by atoms with van der Waals surface area (Å²) in [7, 11) is 0. The third kappa shape index (κ3) is 3.68. The lowest BCUT2D eigenvalue weighted by Crippen LogP contribution is -2.37. The topological polar surface area (TPSA) is 46.6 Å². The monoisotopic (exact) mass is 225 g/mol. The van der Waals surface area contributed by atoms with Crippen LogP contribution in [0.4, 0.5) is 4.79 Å². The molecule has 0 bridgehead atoms. The molecule has 90 valence electrons. The van der Waals surface area contributed by atoms with Crippen molar-refractivity contribution in [3.8, 4) is 0 Å². The van der Waals surface area contributed by atoms with Crippen LogP contribution in [0.25, 0.3) is 0 Å². The lowest BCUT2D eigenvalue weighted by Gasteiger charge is -2.25. The highest BCUT2D eigenvalue weighted by atomic mass is 16.6. The fraction of sp³-hybridized carbons (Fsp3) is 0.667. The van der Waals surface area contributed by atoms with Gasteiger partial charge in [0, 0.05) is 18.7 Å². The summed E-state index contributed by atoms with van der Waals surface area (Å²) >= 11 is 0. The van der Waals surface area contributed by atoms with E-state index in [1.54, 1.807) is 17.9 Å². The second-order valence-electron chi connectivity index (χ2n) is 4.00. The minimum Gasteiger partial charge on any atom is -0.373 e. The third-order valence-corrected chi connectivity index (χ3v) is 2.63. The molecule has 1 fully saturated rings. The Morgan fingerprint density at radius 1 is 1.25 bits per heavy atom. The van der Waals surface area contributed by atoms with Crippen LogP contribution in [-0.4, -0.2) is 30.1 Å². The summed E-state index contributed by atoms with van der Waals surface area (Å²) in [6.07, 6.45) is 5.14. The Kier molecular flexibility index (Phi) is 5.02. The van der Waals surface area contributed by atoms with Gasteiger partial charge in [0.2, 0.25) is 0 Å². The maximum atomic E-state index is 11.6. The molecule has 0 atom stereocenters. The average Bonchev–Trinajstić information content (AvgIpc) is 2.30. The molecule has 0 N–H and O–H groups in total. The number of nitrogens with zero attached hydrogens (tertiary/aromatic N) is 1. The third-order valence-electron chi connectivity index (χ3n) is 2.63. The molecule has 1 aliphatic heterocycles. The van der Waals surface area contributed by atoms with Gasteiger partial charge in [-0.1, -0.05) is 13.0 Å². The summed E-state index contributed by atoms with van der Waals surface area (Å²) in [6, 6.07) is 0. The first-order chi connectivity index (χ1) is 7.65. The molecular weight excluding hydrogens is 206 g/mol. The van der Waals surface area contributed by atoms with Crippen molar-refractivity contribution in [1.82, 2.24) is 4.90 Å². The van der Waals surface area contributed by atoms with E-state index in [-0.39, 0.29) is 0 Å². The smallest absolute Gasteiger partial charge is 0.373 e. The van der Waals surface area contributed by atoms with Gasteiger partial charge >= 0.3 is 12.1 Å². The summed E-state index contributed by atoms with van der Waals surface area (Å²) in [5.41, 5.74) is 0.493. The van der Waals surface area contributed by atoms with E-state index < -0.39 is 12.1 Å². The fourth-order valence-corrected chi connectivity index (χ4v) is 1.69. The fourth-order valence-electron chi connectivity index (χ4n) is 1.69. The molecule has 0 radical (unpaired) electrons. The second kappa shape index (κ2) is 6.30. The number of ether oxygens (including phenoxy) is 1. The number of allylic oxidation sites excluding steroid dienone is 1. The Morgan fingerprint density at radius 3 is 2.44 bits per heavy atom. The van der Waals surface area contributed by atoms with Crippen LogP contribution in [0.5, 0.6) is 0 Å². The van der Waals surface area contributed by atoms with Crippen LogP contribution in [0.1, 0.15) is 39.5 Å². The van der Waals surface area contributed by atoms with E-state index >= 15 is 0 Å². The molecule has 1 amide bonds. The molecule has 1 rings (SSSR count). The van der Waals surface area contributed by atoms with Gasteiger partial charge in [0.05, 0.1) is 0 Å². The predicted octanol–water partition coefficient (Wildman–Crippen LogP) is 2.49. The molecule has 4 heteroatoms. The van der Waals surface area contributed by atoms with Gasteiger partial charge in [0.15, 0.2) is 0 Å². The Balaban J connectivity index is 2.44. The van der Waals surface area contributed by atoms with Gasteiger partial charge in [-0.05, 0) is 32.6 Å². The number of hydrogen-bond donors (Lipinski definition) is 0. The largest absolute Gasteiger partial charge is 0.417 e. The van der Waals surface area contributed by atoms with Gasteiger partial charge in [0.1, 0.15) is 0 Å². The zero-order valence-electron chi connectivity index (χ0n) is 9.99. The molecule has 1 saturated heterocycles. The molecule has 1 heterocycles. The van der Waals surface area contributed by atoms with Gasteiger partial charge in [-0.15, -0.1) is 0 Å². The highest BCUT2D eigenvalue weighted by molar-refractivity contribution is 5.95. The molecule has 1 aliphatic rings. The van der Waals surface area contributed by atoms with E-state index in [0.717, 1.165) is 25.7 Å². The van der Waals surface area contributed by atoms with Gasteiger partial charge in [-0.25, -0.2) is 9.59 Å². The van der Waals surface area contributed by atoms with E-state index in [2.05, 4.69) is 0 Å². The van der Waals surface area contributed by atoms with Crippen molar-refractivity contribution < 1.29 is 14.3 Å². The molecule has 0 unspecified atom stereocenters. The molecule has 4 nitrogen and oxygen atoms in total. The zero-order chi connectivity index (χ0) is 12.0. The molecule has 0 aliphatic carbocycles. The number of amides is 1. The van der Waals surface area contributed by atoms with E-state index in [9.17, 15) is 9.59 Å². The lowest BCUT2D eigenvalue weighted by molar-refractivity contribution is -0.134. The lowest BCUT2D eigenvalue weighted by atomic mass is 10.1. The van der Waals surface area contributed by atoms with Crippen molar-refractivity contribution in [2.24, 2.45) is 0 Å². The number of carbonyl (C=O) groups excluding carboxylic acids is 2. The Morgan fingerprint density at radius 2 is 1.88 bits per heavy atom. The summed E-state index contributed by atoms with van der Waals surface area (Å²) < 4.78 is 4.78. The van der Waals surface area contributed by atoms with Crippen LogP contribution in [0, 0.1) is 0 Å². The summed E-state index contributed by atoms with van der Waals surface area (Å²) in [6.45, 7) is 4.99. The molecule has 0 spiro atoms. The van der Waals surface area contributed by atoms with Crippen molar-refractivity contribution in [3.63, 3.8) is 0 Å². The average molecular weight is 225 g/mol. The van der Waals surface area contributed by atoms with Crippen LogP contribution in [0.15, 0.2) is 11.6 Å². The zero-order valence-corrected chi connectivity index (χ0v) is 9.99. The Bertz CT molecular complexity index is 291. The molecule has 0 saturated carbocycles. The van der Waals surface area contributed by atoms with E-state index in [1.807, 2.05) is 6.92 Å². The minimum absolute atomic E-state index is 0.493. The highest BCUT2D eigenvalue weighted by Crippen LogP contribution is 2.10. The maximum Gasteiger partial charge on any atom is 0.417 e. The van der Waals surface area contributed by atoms with E-state index in [4.69, 9.17) is 4.74 Å². The van der Waals surface area contributed by atoms with Gasteiger partial charge in [0.25, 0.3) is 0 Å². The first kappa shape index (κ1) is 12.7. The van der Waals surface area contributed by atoms with Gasteiger partial charge in [-0.3, -0.25) is 0 Å². The molecule has 0 aromatic heterocycles. The Labute approximate surface area is 96.3 Å².